The number of carbonyl (C=O) groups excluding carboxylic acids is 2. The van der Waals surface area contributed by atoms with Crippen LogP contribution in [0.3, 0.4) is 0 Å². The molecule has 2 aromatic rings. The summed E-state index contributed by atoms with van der Waals surface area (Å²) in [4.78, 5) is 35.6. The van der Waals surface area contributed by atoms with Crippen LogP contribution >= 0.6 is 0 Å². The molecule has 0 saturated heterocycles. The Morgan fingerprint density at radius 3 is 2.23 bits per heavy atom. The van der Waals surface area contributed by atoms with Crippen molar-refractivity contribution in [3.63, 3.8) is 0 Å². The average Bonchev–Trinajstić information content (AvgIpc) is 3.17. The highest BCUT2D eigenvalue weighted by atomic mass is 16.5. The molecular formula is C28H36N2O5. The molecule has 188 valence electrons. The minimum atomic E-state index is -0.910. The number of fused-ring (bicyclic) bond motifs is 3. The molecule has 2 unspecified atom stereocenters. The van der Waals surface area contributed by atoms with E-state index in [1.165, 1.54) is 22.3 Å². The van der Waals surface area contributed by atoms with Gasteiger partial charge in [-0.3, -0.25) is 9.59 Å². The van der Waals surface area contributed by atoms with Crippen LogP contribution in [0.1, 0.15) is 69.4 Å². The van der Waals surface area contributed by atoms with Gasteiger partial charge in [0.05, 0.1) is 6.42 Å². The van der Waals surface area contributed by atoms with Crippen molar-refractivity contribution in [1.82, 2.24) is 10.6 Å². The van der Waals surface area contributed by atoms with Gasteiger partial charge in [0.1, 0.15) is 6.61 Å². The third kappa shape index (κ3) is 7.57. The van der Waals surface area contributed by atoms with Crippen molar-refractivity contribution in [2.75, 3.05) is 13.2 Å². The molecule has 0 fully saturated rings. The first-order chi connectivity index (χ1) is 16.9. The number of amides is 2. The van der Waals surface area contributed by atoms with Crippen molar-refractivity contribution in [2.45, 2.75) is 64.3 Å². The number of nitrogens with one attached hydrogen (secondary N) is 2. The molecule has 0 spiro atoms. The van der Waals surface area contributed by atoms with Gasteiger partial charge in [0.15, 0.2) is 0 Å². The monoisotopic (exact) mass is 480 g/mol. The zero-order chi connectivity index (χ0) is 25.2. The minimum absolute atomic E-state index is 0.0146. The predicted molar refractivity (Wildman–Crippen MR) is 135 cm³/mol. The molecule has 0 aromatic heterocycles. The number of unbranched alkanes of at least 4 members (excludes halogenated alkanes) is 1. The fourth-order valence-electron chi connectivity index (χ4n) is 4.57. The molecule has 7 heteroatoms. The molecule has 3 rings (SSSR count). The number of rotatable bonds is 13. The Hall–Kier alpha value is -3.35. The van der Waals surface area contributed by atoms with Crippen LogP contribution in [0.4, 0.5) is 4.79 Å². The maximum absolute atomic E-state index is 12.3. The van der Waals surface area contributed by atoms with E-state index in [0.29, 0.717) is 19.4 Å². The van der Waals surface area contributed by atoms with Gasteiger partial charge >= 0.3 is 12.1 Å². The van der Waals surface area contributed by atoms with E-state index >= 15 is 0 Å². The molecule has 2 amide bonds. The van der Waals surface area contributed by atoms with Gasteiger partial charge in [0.2, 0.25) is 5.91 Å². The van der Waals surface area contributed by atoms with E-state index in [0.717, 1.165) is 12.8 Å². The number of alkyl carbamates (subject to hydrolysis) is 1. The summed E-state index contributed by atoms with van der Waals surface area (Å²) in [7, 11) is 0. The lowest BCUT2D eigenvalue weighted by atomic mass is 9.98. The van der Waals surface area contributed by atoms with Crippen LogP contribution in [-0.4, -0.2) is 42.3 Å². The van der Waals surface area contributed by atoms with Gasteiger partial charge in [-0.25, -0.2) is 4.79 Å². The largest absolute Gasteiger partial charge is 0.481 e. The second-order valence-electron chi connectivity index (χ2n) is 9.35. The highest BCUT2D eigenvalue weighted by Crippen LogP contribution is 2.44. The van der Waals surface area contributed by atoms with Crippen LogP contribution in [-0.2, 0) is 14.3 Å². The van der Waals surface area contributed by atoms with Crippen molar-refractivity contribution in [2.24, 2.45) is 5.92 Å². The highest BCUT2D eigenvalue weighted by molar-refractivity contribution is 5.79. The summed E-state index contributed by atoms with van der Waals surface area (Å²) in [6.45, 7) is 4.66. The summed E-state index contributed by atoms with van der Waals surface area (Å²) in [5, 5.41) is 14.7. The predicted octanol–water partition coefficient (Wildman–Crippen LogP) is 5.09. The number of carbonyl (C=O) groups is 3. The Bertz CT molecular complexity index is 976. The number of benzene rings is 2. The third-order valence-corrected chi connectivity index (χ3v) is 6.50. The van der Waals surface area contributed by atoms with Crippen LogP contribution < -0.4 is 10.6 Å². The van der Waals surface area contributed by atoms with Crippen molar-refractivity contribution in [1.29, 1.82) is 0 Å². The smallest absolute Gasteiger partial charge is 0.407 e. The molecule has 0 bridgehead atoms. The first kappa shape index (κ1) is 26.3. The maximum Gasteiger partial charge on any atom is 0.407 e. The minimum Gasteiger partial charge on any atom is -0.481 e. The number of hydrogen-bond acceptors (Lipinski definition) is 4. The Morgan fingerprint density at radius 2 is 1.63 bits per heavy atom. The lowest BCUT2D eigenvalue weighted by Crippen LogP contribution is -2.37. The first-order valence-electron chi connectivity index (χ1n) is 12.5. The van der Waals surface area contributed by atoms with Crippen LogP contribution in [0.2, 0.25) is 0 Å². The van der Waals surface area contributed by atoms with E-state index in [-0.39, 0.29) is 43.2 Å². The van der Waals surface area contributed by atoms with Crippen molar-refractivity contribution in [3.05, 3.63) is 59.7 Å². The van der Waals surface area contributed by atoms with Crippen molar-refractivity contribution in [3.8, 4) is 11.1 Å². The van der Waals surface area contributed by atoms with Gasteiger partial charge in [-0.1, -0.05) is 75.2 Å². The lowest BCUT2D eigenvalue weighted by molar-refractivity contribution is -0.137. The van der Waals surface area contributed by atoms with Gasteiger partial charge in [-0.15, -0.1) is 0 Å². The molecule has 2 atom stereocenters. The third-order valence-electron chi connectivity index (χ3n) is 6.50. The SMILES string of the molecule is CCCCC(CC(=O)O)NC(=O)CCC(C)CNC(=O)OCC1c2ccccc2-c2ccccc21. The highest BCUT2D eigenvalue weighted by Gasteiger charge is 2.29. The molecule has 7 nitrogen and oxygen atoms in total. The summed E-state index contributed by atoms with van der Waals surface area (Å²) >= 11 is 0. The van der Waals surface area contributed by atoms with Crippen LogP contribution in [0, 0.1) is 5.92 Å². The Morgan fingerprint density at radius 1 is 1.00 bits per heavy atom. The number of carboxylic acid groups (broad SMARTS) is 1. The molecular weight excluding hydrogens is 444 g/mol. The topological polar surface area (TPSA) is 105 Å². The van der Waals surface area contributed by atoms with E-state index in [4.69, 9.17) is 9.84 Å². The Kier molecular flexibility index (Phi) is 9.70. The molecule has 3 N–H and O–H groups in total. The first-order valence-corrected chi connectivity index (χ1v) is 12.5. The molecule has 0 aliphatic heterocycles. The van der Waals surface area contributed by atoms with E-state index in [1.54, 1.807) is 0 Å². The molecule has 1 aliphatic carbocycles. The van der Waals surface area contributed by atoms with Crippen LogP contribution in [0.25, 0.3) is 11.1 Å². The van der Waals surface area contributed by atoms with Gasteiger partial charge < -0.3 is 20.5 Å². The molecule has 2 aromatic carbocycles. The fraction of sp³-hybridized carbons (Fsp3) is 0.464. The summed E-state index contributed by atoms with van der Waals surface area (Å²) < 4.78 is 5.56. The summed E-state index contributed by atoms with van der Waals surface area (Å²) in [6.07, 6.45) is 2.82. The van der Waals surface area contributed by atoms with Crippen molar-refractivity contribution >= 4 is 18.0 Å². The fourth-order valence-corrected chi connectivity index (χ4v) is 4.57. The Balaban J connectivity index is 1.40. The molecule has 0 heterocycles. The van der Waals surface area contributed by atoms with Crippen LogP contribution in [0.5, 0.6) is 0 Å². The van der Waals surface area contributed by atoms with E-state index in [2.05, 4.69) is 34.9 Å². The lowest BCUT2D eigenvalue weighted by Gasteiger charge is -2.18. The van der Waals surface area contributed by atoms with E-state index in [9.17, 15) is 14.4 Å². The molecule has 35 heavy (non-hydrogen) atoms. The van der Waals surface area contributed by atoms with Gasteiger partial charge in [0, 0.05) is 24.9 Å². The quantitative estimate of drug-likeness (QED) is 0.370. The molecule has 1 aliphatic rings. The number of aliphatic carboxylic acids is 1. The zero-order valence-corrected chi connectivity index (χ0v) is 20.6. The number of hydrogen-bond donors (Lipinski definition) is 3. The Labute approximate surface area is 207 Å². The van der Waals surface area contributed by atoms with Crippen LogP contribution in [0.15, 0.2) is 48.5 Å². The number of ether oxygens (including phenoxy) is 1. The van der Waals surface area contributed by atoms with Gasteiger partial charge in [0.25, 0.3) is 0 Å². The van der Waals surface area contributed by atoms with Crippen molar-refractivity contribution < 1.29 is 24.2 Å². The standard InChI is InChI=1S/C28H36N2O5/c1-3-4-9-20(16-27(32)33)30-26(31)15-14-19(2)17-29-28(34)35-18-25-23-12-7-5-10-21(23)22-11-6-8-13-24(22)25/h5-8,10-13,19-20,25H,3-4,9,14-18H2,1-2H3,(H,29,34)(H,30,31)(H,32,33). The van der Waals surface area contributed by atoms with E-state index < -0.39 is 12.1 Å². The summed E-state index contributed by atoms with van der Waals surface area (Å²) in [6, 6.07) is 16.1. The number of carboxylic acids is 1. The zero-order valence-electron chi connectivity index (χ0n) is 20.6. The summed E-state index contributed by atoms with van der Waals surface area (Å²) in [5.41, 5.74) is 4.70. The second kappa shape index (κ2) is 12.9. The molecule has 0 saturated carbocycles. The summed E-state index contributed by atoms with van der Waals surface area (Å²) in [5.74, 6) is -0.970. The van der Waals surface area contributed by atoms with E-state index in [1.807, 2.05) is 38.1 Å². The normalized spacial score (nSPS) is 13.9. The maximum atomic E-state index is 12.3. The van der Waals surface area contributed by atoms with Gasteiger partial charge in [-0.2, -0.15) is 0 Å². The molecule has 0 radical (unpaired) electrons. The average molecular weight is 481 g/mol. The van der Waals surface area contributed by atoms with Gasteiger partial charge in [-0.05, 0) is 41.0 Å². The second-order valence-corrected chi connectivity index (χ2v) is 9.35.